The van der Waals surface area contributed by atoms with Crippen molar-refractivity contribution in [1.29, 1.82) is 0 Å². The number of anilines is 1. The highest BCUT2D eigenvalue weighted by atomic mass is 16.5. The molecule has 0 saturated heterocycles. The Kier molecular flexibility index (Phi) is 4.04. The van der Waals surface area contributed by atoms with Crippen molar-refractivity contribution >= 4 is 11.6 Å². The zero-order valence-corrected chi connectivity index (χ0v) is 16.3. The molecule has 148 valence electrons. The zero-order valence-electron chi connectivity index (χ0n) is 16.3. The zero-order chi connectivity index (χ0) is 20.0. The van der Waals surface area contributed by atoms with Gasteiger partial charge in [-0.15, -0.1) is 0 Å². The number of benzene rings is 2. The van der Waals surface area contributed by atoms with Crippen LogP contribution in [-0.4, -0.2) is 36.3 Å². The Morgan fingerprint density at radius 2 is 1.97 bits per heavy atom. The van der Waals surface area contributed by atoms with Crippen LogP contribution in [0.4, 0.5) is 5.69 Å². The molecule has 0 unspecified atom stereocenters. The van der Waals surface area contributed by atoms with Crippen molar-refractivity contribution in [2.45, 2.75) is 25.2 Å². The summed E-state index contributed by atoms with van der Waals surface area (Å²) in [6, 6.07) is 13.6. The van der Waals surface area contributed by atoms with Gasteiger partial charge in [0.1, 0.15) is 11.5 Å². The fraction of sp³-hybridized carbons (Fsp3) is 0.318. The van der Waals surface area contributed by atoms with Gasteiger partial charge in [-0.1, -0.05) is 17.3 Å². The average molecular weight is 391 g/mol. The number of likely N-dealkylation sites (N-methyl/N-ethyl adjacent to an activating group) is 1. The lowest BCUT2D eigenvalue weighted by molar-refractivity contribution is -0.121. The largest absolute Gasteiger partial charge is 0.497 e. The molecule has 3 aromatic rings. The van der Waals surface area contributed by atoms with Crippen LogP contribution >= 0.6 is 0 Å². The van der Waals surface area contributed by atoms with Crippen LogP contribution in [0.3, 0.4) is 0 Å². The minimum Gasteiger partial charge on any atom is -0.497 e. The van der Waals surface area contributed by atoms with Gasteiger partial charge in [-0.05, 0) is 55.7 Å². The maximum absolute atomic E-state index is 12.1. The summed E-state index contributed by atoms with van der Waals surface area (Å²) in [6.07, 6.45) is 1.96. The fourth-order valence-corrected chi connectivity index (χ4v) is 3.89. The molecule has 1 aliphatic heterocycles. The Labute approximate surface area is 168 Å². The van der Waals surface area contributed by atoms with Crippen molar-refractivity contribution in [2.75, 3.05) is 25.2 Å². The molecule has 0 radical (unpaired) electrons. The van der Waals surface area contributed by atoms with Crippen molar-refractivity contribution in [1.82, 2.24) is 10.1 Å². The third-order valence-corrected chi connectivity index (χ3v) is 5.71. The summed E-state index contributed by atoms with van der Waals surface area (Å²) in [4.78, 5) is 18.5. The molecule has 1 aromatic heterocycles. The number of aromatic nitrogens is 2. The van der Waals surface area contributed by atoms with Gasteiger partial charge in [0, 0.05) is 12.1 Å². The van der Waals surface area contributed by atoms with Gasteiger partial charge in [-0.2, -0.15) is 4.98 Å². The van der Waals surface area contributed by atoms with E-state index in [1.165, 1.54) is 0 Å². The maximum Gasteiger partial charge on any atom is 0.265 e. The molecule has 0 bridgehead atoms. The Morgan fingerprint density at radius 1 is 1.17 bits per heavy atom. The van der Waals surface area contributed by atoms with Crippen molar-refractivity contribution < 1.29 is 18.8 Å². The number of carbonyl (C=O) groups is 1. The average Bonchev–Trinajstić information content (AvgIpc) is 3.42. The minimum absolute atomic E-state index is 0.0557. The smallest absolute Gasteiger partial charge is 0.265 e. The molecule has 2 aromatic carbocycles. The lowest BCUT2D eigenvalue weighted by Crippen LogP contribution is -2.38. The first-order chi connectivity index (χ1) is 14.1. The van der Waals surface area contributed by atoms with Gasteiger partial charge < -0.3 is 18.9 Å². The van der Waals surface area contributed by atoms with Gasteiger partial charge in [0.25, 0.3) is 11.8 Å². The summed E-state index contributed by atoms with van der Waals surface area (Å²) in [5.41, 5.74) is 2.46. The number of rotatable bonds is 5. The molecule has 0 spiro atoms. The van der Waals surface area contributed by atoms with Crippen LogP contribution in [-0.2, 0) is 10.2 Å². The van der Waals surface area contributed by atoms with E-state index in [1.54, 1.807) is 12.0 Å². The molecule has 1 fully saturated rings. The van der Waals surface area contributed by atoms with Crippen LogP contribution in [0.5, 0.6) is 11.5 Å². The standard InChI is InChI=1S/C22H21N3O4/c1-3-25-17-12-14(4-9-18(17)28-13-19(25)26)20-23-21(24-29-20)22(10-11-22)15-5-7-16(27-2)8-6-15/h4-9,12H,3,10-11,13H2,1-2H3. The summed E-state index contributed by atoms with van der Waals surface area (Å²) in [5.74, 6) is 2.59. The number of amides is 1. The van der Waals surface area contributed by atoms with Gasteiger partial charge >= 0.3 is 0 Å². The van der Waals surface area contributed by atoms with Crippen molar-refractivity contribution in [2.24, 2.45) is 0 Å². The van der Waals surface area contributed by atoms with Gasteiger partial charge in [0.05, 0.1) is 18.2 Å². The van der Waals surface area contributed by atoms with Crippen LogP contribution in [0.2, 0.25) is 0 Å². The molecule has 0 atom stereocenters. The lowest BCUT2D eigenvalue weighted by atomic mass is 9.95. The monoisotopic (exact) mass is 391 g/mol. The predicted molar refractivity (Wildman–Crippen MR) is 106 cm³/mol. The normalized spacial score (nSPS) is 16.9. The molecule has 7 heteroatoms. The molecule has 0 N–H and O–H groups in total. The maximum atomic E-state index is 12.1. The Hall–Kier alpha value is -3.35. The summed E-state index contributed by atoms with van der Waals surface area (Å²) in [7, 11) is 1.66. The molecule has 7 nitrogen and oxygen atoms in total. The van der Waals surface area contributed by atoms with E-state index in [-0.39, 0.29) is 17.9 Å². The molecular formula is C22H21N3O4. The topological polar surface area (TPSA) is 77.7 Å². The highest BCUT2D eigenvalue weighted by Crippen LogP contribution is 2.52. The van der Waals surface area contributed by atoms with Crippen LogP contribution in [0.15, 0.2) is 47.0 Å². The number of fused-ring (bicyclic) bond motifs is 1. The minimum atomic E-state index is -0.198. The molecule has 29 heavy (non-hydrogen) atoms. The van der Waals surface area contributed by atoms with Crippen LogP contribution in [0, 0.1) is 0 Å². The second kappa shape index (κ2) is 6.62. The van der Waals surface area contributed by atoms with Gasteiger partial charge in [0.15, 0.2) is 12.4 Å². The van der Waals surface area contributed by atoms with Crippen LogP contribution in [0.25, 0.3) is 11.5 Å². The highest BCUT2D eigenvalue weighted by molar-refractivity contribution is 5.98. The SMILES string of the molecule is CCN1C(=O)COc2ccc(-c3nc(C4(c5ccc(OC)cc5)CC4)no3)cc21. The molecule has 5 rings (SSSR count). The molecule has 1 aliphatic carbocycles. The van der Waals surface area contributed by atoms with Gasteiger partial charge in [-0.3, -0.25) is 4.79 Å². The molecule has 1 saturated carbocycles. The summed E-state index contributed by atoms with van der Waals surface area (Å²) in [5, 5.41) is 4.28. The summed E-state index contributed by atoms with van der Waals surface area (Å²) in [6.45, 7) is 2.58. The van der Waals surface area contributed by atoms with E-state index in [9.17, 15) is 4.79 Å². The first kappa shape index (κ1) is 17.7. The van der Waals surface area contributed by atoms with E-state index in [1.807, 2.05) is 37.3 Å². The second-order valence-electron chi connectivity index (χ2n) is 7.34. The van der Waals surface area contributed by atoms with Crippen LogP contribution < -0.4 is 14.4 Å². The molecule has 2 heterocycles. The Bertz CT molecular complexity index is 1070. The van der Waals surface area contributed by atoms with Gasteiger partial charge in [0.2, 0.25) is 0 Å². The summed E-state index contributed by atoms with van der Waals surface area (Å²) < 4.78 is 16.4. The quantitative estimate of drug-likeness (QED) is 0.662. The first-order valence-electron chi connectivity index (χ1n) is 9.71. The van der Waals surface area contributed by atoms with Crippen molar-refractivity contribution in [3.63, 3.8) is 0 Å². The van der Waals surface area contributed by atoms with Crippen molar-refractivity contribution in [3.8, 4) is 23.0 Å². The second-order valence-corrected chi connectivity index (χ2v) is 7.34. The molecule has 2 aliphatic rings. The van der Waals surface area contributed by atoms with E-state index < -0.39 is 0 Å². The van der Waals surface area contributed by atoms with E-state index in [2.05, 4.69) is 17.3 Å². The highest BCUT2D eigenvalue weighted by Gasteiger charge is 2.50. The Balaban J connectivity index is 1.48. The number of ether oxygens (including phenoxy) is 2. The van der Waals surface area contributed by atoms with E-state index in [0.29, 0.717) is 24.0 Å². The van der Waals surface area contributed by atoms with E-state index in [0.717, 1.165) is 35.4 Å². The van der Waals surface area contributed by atoms with Crippen molar-refractivity contribution in [3.05, 3.63) is 53.9 Å². The lowest BCUT2D eigenvalue weighted by Gasteiger charge is -2.28. The number of hydrogen-bond acceptors (Lipinski definition) is 6. The molecular weight excluding hydrogens is 370 g/mol. The number of nitrogens with zero attached hydrogens (tertiary/aromatic N) is 3. The van der Waals surface area contributed by atoms with Crippen LogP contribution in [0.1, 0.15) is 31.2 Å². The van der Waals surface area contributed by atoms with E-state index in [4.69, 9.17) is 19.0 Å². The molecule has 1 amide bonds. The predicted octanol–water partition coefficient (Wildman–Crippen LogP) is 3.57. The third-order valence-electron chi connectivity index (χ3n) is 5.71. The third kappa shape index (κ3) is 2.85. The fourth-order valence-electron chi connectivity index (χ4n) is 3.89. The Morgan fingerprint density at radius 3 is 2.66 bits per heavy atom. The van der Waals surface area contributed by atoms with Gasteiger partial charge in [-0.25, -0.2) is 0 Å². The van der Waals surface area contributed by atoms with E-state index >= 15 is 0 Å². The number of methoxy groups -OCH3 is 1. The number of carbonyl (C=O) groups excluding carboxylic acids is 1. The first-order valence-corrected chi connectivity index (χ1v) is 9.71. The summed E-state index contributed by atoms with van der Waals surface area (Å²) >= 11 is 0. The number of hydrogen-bond donors (Lipinski definition) is 0.